The normalized spacial score (nSPS) is 16.4. The smallest absolute Gasteiger partial charge is 0.395 e. The molecule has 1 aliphatic heterocycles. The zero-order chi connectivity index (χ0) is 11.2. The van der Waals surface area contributed by atoms with E-state index in [1.54, 1.807) is 18.2 Å². The molecule has 0 atom stereocenters. The van der Waals surface area contributed by atoms with Gasteiger partial charge in [0.05, 0.1) is 5.69 Å². The second kappa shape index (κ2) is 2.94. The molecule has 0 saturated carbocycles. The zero-order valence-corrected chi connectivity index (χ0v) is 7.91. The number of aromatic nitrogens is 2. The van der Waals surface area contributed by atoms with Gasteiger partial charge in [0, 0.05) is 11.8 Å². The minimum atomic E-state index is -3.60. The highest BCUT2D eigenvalue weighted by Gasteiger charge is 2.44. The van der Waals surface area contributed by atoms with E-state index in [2.05, 4.69) is 19.7 Å². The van der Waals surface area contributed by atoms with Crippen molar-refractivity contribution in [2.75, 3.05) is 0 Å². The Bertz CT molecular complexity index is 526. The van der Waals surface area contributed by atoms with Crippen LogP contribution < -0.4 is 9.47 Å². The molecule has 1 N–H and O–H groups in total. The van der Waals surface area contributed by atoms with Crippen molar-refractivity contribution in [1.29, 1.82) is 0 Å². The summed E-state index contributed by atoms with van der Waals surface area (Å²) >= 11 is 0. The molecule has 0 unspecified atom stereocenters. The third-order valence-electron chi connectivity index (χ3n) is 2.22. The number of benzene rings is 1. The molecule has 0 aliphatic carbocycles. The fourth-order valence-corrected chi connectivity index (χ4v) is 1.59. The number of fused-ring (bicyclic) bond motifs is 1. The zero-order valence-electron chi connectivity index (χ0n) is 7.91. The minimum absolute atomic E-state index is 0.0248. The van der Waals surface area contributed by atoms with Crippen molar-refractivity contribution in [3.05, 3.63) is 30.5 Å². The van der Waals surface area contributed by atoms with Gasteiger partial charge in [0.25, 0.3) is 0 Å². The molecule has 0 radical (unpaired) electrons. The van der Waals surface area contributed by atoms with Crippen molar-refractivity contribution < 1.29 is 18.3 Å². The van der Waals surface area contributed by atoms with Gasteiger partial charge in [0.1, 0.15) is 0 Å². The Morgan fingerprint density at radius 1 is 1.19 bits per heavy atom. The van der Waals surface area contributed by atoms with Gasteiger partial charge in [-0.05, 0) is 18.2 Å². The van der Waals surface area contributed by atoms with Crippen LogP contribution in [0.1, 0.15) is 0 Å². The lowest BCUT2D eigenvalue weighted by atomic mass is 10.1. The molecule has 2 heterocycles. The molecular formula is C10H6F2N2O2. The summed E-state index contributed by atoms with van der Waals surface area (Å²) in [4.78, 5) is 0. The Morgan fingerprint density at radius 3 is 2.81 bits per heavy atom. The van der Waals surface area contributed by atoms with E-state index >= 15 is 0 Å². The van der Waals surface area contributed by atoms with Crippen LogP contribution in [0.3, 0.4) is 0 Å². The SMILES string of the molecule is FC1(F)Oc2cccc(-c3ccn[nH]3)c2O1. The van der Waals surface area contributed by atoms with Gasteiger partial charge < -0.3 is 9.47 Å². The fourth-order valence-electron chi connectivity index (χ4n) is 1.59. The molecule has 1 aromatic carbocycles. The topological polar surface area (TPSA) is 47.1 Å². The molecule has 4 nitrogen and oxygen atoms in total. The maximum absolute atomic E-state index is 12.9. The highest BCUT2D eigenvalue weighted by molar-refractivity contribution is 5.71. The molecular weight excluding hydrogens is 218 g/mol. The lowest BCUT2D eigenvalue weighted by Crippen LogP contribution is -2.26. The van der Waals surface area contributed by atoms with Crippen LogP contribution in [0.5, 0.6) is 11.5 Å². The summed E-state index contributed by atoms with van der Waals surface area (Å²) in [5.74, 6) is 0.0499. The molecule has 0 bridgehead atoms. The van der Waals surface area contributed by atoms with E-state index < -0.39 is 6.29 Å². The van der Waals surface area contributed by atoms with Crippen molar-refractivity contribution in [2.24, 2.45) is 0 Å². The predicted molar refractivity (Wildman–Crippen MR) is 50.2 cm³/mol. The number of H-pyrrole nitrogens is 1. The lowest BCUT2D eigenvalue weighted by molar-refractivity contribution is -0.286. The molecule has 0 amide bonds. The summed E-state index contributed by atoms with van der Waals surface area (Å²) in [6.07, 6.45) is -2.07. The van der Waals surface area contributed by atoms with E-state index in [1.165, 1.54) is 12.3 Å². The van der Waals surface area contributed by atoms with Crippen molar-refractivity contribution >= 4 is 0 Å². The van der Waals surface area contributed by atoms with E-state index in [1.807, 2.05) is 0 Å². The number of para-hydroxylation sites is 1. The molecule has 6 heteroatoms. The van der Waals surface area contributed by atoms with Gasteiger partial charge in [-0.2, -0.15) is 5.10 Å². The first-order chi connectivity index (χ1) is 7.66. The highest BCUT2D eigenvalue weighted by Crippen LogP contribution is 2.46. The maximum Gasteiger partial charge on any atom is 0.586 e. The van der Waals surface area contributed by atoms with Crippen molar-refractivity contribution in [2.45, 2.75) is 6.29 Å². The van der Waals surface area contributed by atoms with Gasteiger partial charge in [-0.15, -0.1) is 8.78 Å². The summed E-state index contributed by atoms with van der Waals surface area (Å²) in [5, 5.41) is 6.43. The summed E-state index contributed by atoms with van der Waals surface area (Å²) in [5.41, 5.74) is 1.09. The van der Waals surface area contributed by atoms with Gasteiger partial charge in [-0.3, -0.25) is 5.10 Å². The Hall–Kier alpha value is -2.11. The van der Waals surface area contributed by atoms with Crippen LogP contribution in [-0.4, -0.2) is 16.5 Å². The van der Waals surface area contributed by atoms with Crippen LogP contribution in [0.2, 0.25) is 0 Å². The molecule has 0 fully saturated rings. The molecule has 2 aromatic rings. The number of hydrogen-bond donors (Lipinski definition) is 1. The first-order valence-electron chi connectivity index (χ1n) is 4.54. The van der Waals surface area contributed by atoms with Gasteiger partial charge in [-0.25, -0.2) is 0 Å². The van der Waals surface area contributed by atoms with Crippen molar-refractivity contribution in [1.82, 2.24) is 10.2 Å². The van der Waals surface area contributed by atoms with E-state index in [9.17, 15) is 8.78 Å². The van der Waals surface area contributed by atoms with Crippen LogP contribution in [0.15, 0.2) is 30.5 Å². The van der Waals surface area contributed by atoms with Crippen LogP contribution >= 0.6 is 0 Å². The summed E-state index contributed by atoms with van der Waals surface area (Å²) in [6, 6.07) is 6.35. The Balaban J connectivity index is 2.14. The third-order valence-corrected chi connectivity index (χ3v) is 2.22. The van der Waals surface area contributed by atoms with Crippen LogP contribution in [0.4, 0.5) is 8.78 Å². The van der Waals surface area contributed by atoms with Gasteiger partial charge in [0.2, 0.25) is 0 Å². The lowest BCUT2D eigenvalue weighted by Gasteiger charge is -2.05. The number of halogens is 2. The monoisotopic (exact) mass is 224 g/mol. The average molecular weight is 224 g/mol. The third kappa shape index (κ3) is 1.30. The molecule has 1 aliphatic rings. The molecule has 82 valence electrons. The number of alkyl halides is 2. The molecule has 3 rings (SSSR count). The summed E-state index contributed by atoms with van der Waals surface area (Å²) < 4.78 is 34.6. The first-order valence-corrected chi connectivity index (χ1v) is 4.54. The van der Waals surface area contributed by atoms with Crippen molar-refractivity contribution in [3.63, 3.8) is 0 Å². The fraction of sp³-hybridized carbons (Fsp3) is 0.100. The molecule has 1 aromatic heterocycles. The van der Waals surface area contributed by atoms with Crippen LogP contribution in [-0.2, 0) is 0 Å². The van der Waals surface area contributed by atoms with E-state index in [0.717, 1.165) is 0 Å². The standard InChI is InChI=1S/C10H6F2N2O2/c11-10(12)15-8-3-1-2-6(9(8)16-10)7-4-5-13-14-7/h1-5H,(H,13,14). The van der Waals surface area contributed by atoms with Gasteiger partial charge >= 0.3 is 6.29 Å². The van der Waals surface area contributed by atoms with Gasteiger partial charge in [-0.1, -0.05) is 6.07 Å². The number of nitrogens with one attached hydrogen (secondary N) is 1. The Kier molecular flexibility index (Phi) is 1.68. The summed E-state index contributed by atoms with van der Waals surface area (Å²) in [6.45, 7) is 0. The second-order valence-corrected chi connectivity index (χ2v) is 3.27. The molecule has 0 spiro atoms. The number of rotatable bonds is 1. The Morgan fingerprint density at radius 2 is 2.06 bits per heavy atom. The maximum atomic E-state index is 12.9. The highest BCUT2D eigenvalue weighted by atomic mass is 19.3. The average Bonchev–Trinajstić information content (AvgIpc) is 2.80. The van der Waals surface area contributed by atoms with E-state index in [0.29, 0.717) is 11.3 Å². The number of aromatic amines is 1. The largest absolute Gasteiger partial charge is 0.586 e. The summed E-state index contributed by atoms with van der Waals surface area (Å²) in [7, 11) is 0. The second-order valence-electron chi connectivity index (χ2n) is 3.27. The van der Waals surface area contributed by atoms with E-state index in [4.69, 9.17) is 0 Å². The van der Waals surface area contributed by atoms with E-state index in [-0.39, 0.29) is 11.5 Å². The molecule has 0 saturated heterocycles. The number of hydrogen-bond acceptors (Lipinski definition) is 3. The van der Waals surface area contributed by atoms with Gasteiger partial charge in [0.15, 0.2) is 11.5 Å². The Labute approximate surface area is 88.8 Å². The number of ether oxygens (including phenoxy) is 2. The van der Waals surface area contributed by atoms with Crippen molar-refractivity contribution in [3.8, 4) is 22.8 Å². The number of nitrogens with zero attached hydrogens (tertiary/aromatic N) is 1. The van der Waals surface area contributed by atoms with Crippen LogP contribution in [0.25, 0.3) is 11.3 Å². The quantitative estimate of drug-likeness (QED) is 0.809. The van der Waals surface area contributed by atoms with Crippen LogP contribution in [0, 0.1) is 0 Å². The minimum Gasteiger partial charge on any atom is -0.395 e. The predicted octanol–water partition coefficient (Wildman–Crippen LogP) is 2.40. The molecule has 16 heavy (non-hydrogen) atoms. The first kappa shape index (κ1) is 9.14.